The van der Waals surface area contributed by atoms with E-state index in [0.717, 1.165) is 16.7 Å². The lowest BCUT2D eigenvalue weighted by Gasteiger charge is -2.18. The van der Waals surface area contributed by atoms with Crippen molar-refractivity contribution in [1.29, 1.82) is 0 Å². The lowest BCUT2D eigenvalue weighted by Crippen LogP contribution is -2.31. The monoisotopic (exact) mass is 205 g/mol. The van der Waals surface area contributed by atoms with Gasteiger partial charge in [0, 0.05) is 5.69 Å². The third-order valence-electron chi connectivity index (χ3n) is 2.29. The molecule has 2 rings (SSSR count). The number of aromatic nitrogens is 2. The van der Waals surface area contributed by atoms with Crippen LogP contribution in [-0.2, 0) is 0 Å². The highest BCUT2D eigenvalue weighted by molar-refractivity contribution is 6.75. The van der Waals surface area contributed by atoms with Crippen LogP contribution in [0.5, 0.6) is 0 Å². The summed E-state index contributed by atoms with van der Waals surface area (Å²) in [5.74, 6) is 0. The van der Waals surface area contributed by atoms with Gasteiger partial charge in [0.05, 0.1) is 17.4 Å². The van der Waals surface area contributed by atoms with Gasteiger partial charge in [-0.25, -0.2) is 4.98 Å². The molecule has 0 radical (unpaired) electrons. The molecule has 0 bridgehead atoms. The Morgan fingerprint density at radius 3 is 2.64 bits per heavy atom. The quantitative estimate of drug-likeness (QED) is 0.573. The Morgan fingerprint density at radius 1 is 1.29 bits per heavy atom. The molecule has 1 aromatic heterocycles. The fourth-order valence-electron chi connectivity index (χ4n) is 1.56. The van der Waals surface area contributed by atoms with E-state index in [-0.39, 0.29) is 0 Å². The summed E-state index contributed by atoms with van der Waals surface area (Å²) < 4.78 is 2.28. The van der Waals surface area contributed by atoms with Crippen molar-refractivity contribution in [2.75, 3.05) is 5.73 Å². The maximum Gasteiger partial charge on any atom is 0.154 e. The molecule has 0 aliphatic heterocycles. The van der Waals surface area contributed by atoms with Gasteiger partial charge in [-0.05, 0) is 18.2 Å². The number of nitrogens with two attached hydrogens (primary N) is 1. The maximum atomic E-state index is 5.77. The van der Waals surface area contributed by atoms with Crippen LogP contribution in [0.4, 0.5) is 5.69 Å². The fraction of sp³-hybridized carbons (Fsp3) is 0.300. The molecule has 2 N–H and O–H groups in total. The van der Waals surface area contributed by atoms with Gasteiger partial charge in [-0.3, -0.25) is 0 Å². The van der Waals surface area contributed by atoms with Gasteiger partial charge in [-0.15, -0.1) is 0 Å². The van der Waals surface area contributed by atoms with Gasteiger partial charge in [0.1, 0.15) is 0 Å². The Morgan fingerprint density at radius 2 is 2.00 bits per heavy atom. The Balaban J connectivity index is 2.73. The van der Waals surface area contributed by atoms with Crippen LogP contribution >= 0.6 is 0 Å². The van der Waals surface area contributed by atoms with Crippen molar-refractivity contribution in [3.8, 4) is 0 Å². The Labute approximate surface area is 84.6 Å². The van der Waals surface area contributed by atoms with Crippen LogP contribution in [0.3, 0.4) is 0 Å². The van der Waals surface area contributed by atoms with E-state index in [1.165, 1.54) is 0 Å². The molecule has 74 valence electrons. The molecule has 0 saturated carbocycles. The van der Waals surface area contributed by atoms with E-state index in [9.17, 15) is 0 Å². The molecular weight excluding hydrogens is 190 g/mol. The minimum atomic E-state index is -1.37. The summed E-state index contributed by atoms with van der Waals surface area (Å²) in [5.41, 5.74) is 8.76. The van der Waals surface area contributed by atoms with Gasteiger partial charge in [-0.1, -0.05) is 19.6 Å². The Hall–Kier alpha value is -1.29. The molecule has 0 spiro atoms. The molecule has 0 aliphatic carbocycles. The predicted octanol–water partition coefficient (Wildman–Crippen LogP) is 2.30. The van der Waals surface area contributed by atoms with Crippen LogP contribution in [-0.4, -0.2) is 17.5 Å². The van der Waals surface area contributed by atoms with Crippen molar-refractivity contribution in [1.82, 2.24) is 9.22 Å². The highest BCUT2D eigenvalue weighted by atomic mass is 28.3. The van der Waals surface area contributed by atoms with E-state index in [4.69, 9.17) is 5.73 Å². The molecule has 1 heterocycles. The summed E-state index contributed by atoms with van der Waals surface area (Å²) in [5, 5.41) is 0. The van der Waals surface area contributed by atoms with E-state index in [0.29, 0.717) is 0 Å². The van der Waals surface area contributed by atoms with E-state index in [2.05, 4.69) is 28.9 Å². The molecule has 4 heteroatoms. The molecule has 0 unspecified atom stereocenters. The fourth-order valence-corrected chi connectivity index (χ4v) is 2.87. The summed E-state index contributed by atoms with van der Waals surface area (Å²) in [6.45, 7) is 6.87. The lowest BCUT2D eigenvalue weighted by molar-refractivity contribution is 1.16. The minimum Gasteiger partial charge on any atom is -0.399 e. The number of hydrogen-bond donors (Lipinski definition) is 1. The predicted molar refractivity (Wildman–Crippen MR) is 62.9 cm³/mol. The first-order valence-electron chi connectivity index (χ1n) is 4.71. The van der Waals surface area contributed by atoms with Gasteiger partial charge in [0.25, 0.3) is 0 Å². The first-order valence-corrected chi connectivity index (χ1v) is 8.16. The summed E-state index contributed by atoms with van der Waals surface area (Å²) >= 11 is 0. The van der Waals surface area contributed by atoms with Gasteiger partial charge < -0.3 is 9.97 Å². The van der Waals surface area contributed by atoms with Crippen molar-refractivity contribution < 1.29 is 0 Å². The van der Waals surface area contributed by atoms with E-state index >= 15 is 0 Å². The second-order valence-corrected chi connectivity index (χ2v) is 9.36. The van der Waals surface area contributed by atoms with Gasteiger partial charge in [-0.2, -0.15) is 0 Å². The van der Waals surface area contributed by atoms with E-state index in [1.54, 1.807) is 0 Å². The molecule has 0 aliphatic rings. The van der Waals surface area contributed by atoms with E-state index < -0.39 is 8.24 Å². The summed E-state index contributed by atoms with van der Waals surface area (Å²) in [7, 11) is -1.37. The number of fused-ring (bicyclic) bond motifs is 1. The van der Waals surface area contributed by atoms with Gasteiger partial charge in [0.2, 0.25) is 0 Å². The average molecular weight is 205 g/mol. The summed E-state index contributed by atoms with van der Waals surface area (Å²) in [6, 6.07) is 5.87. The number of nitrogen functional groups attached to an aromatic ring is 1. The number of imidazole rings is 1. The SMILES string of the molecule is C[Si](C)(C)n1cnc2ccc(N)cc21. The van der Waals surface area contributed by atoms with E-state index in [1.807, 2.05) is 24.5 Å². The first kappa shape index (κ1) is 9.27. The van der Waals surface area contributed by atoms with Crippen LogP contribution in [0.1, 0.15) is 0 Å². The van der Waals surface area contributed by atoms with Crippen LogP contribution in [0, 0.1) is 0 Å². The van der Waals surface area contributed by atoms with Crippen molar-refractivity contribution in [3.05, 3.63) is 24.5 Å². The summed E-state index contributed by atoms with van der Waals surface area (Å²) in [6.07, 6.45) is 1.93. The second kappa shape index (κ2) is 2.85. The molecule has 0 fully saturated rings. The lowest BCUT2D eigenvalue weighted by atomic mass is 10.3. The standard InChI is InChI=1S/C10H15N3Si/c1-14(2,3)13-7-12-9-5-4-8(11)6-10(9)13/h4-7H,11H2,1-3H3. The number of anilines is 1. The first-order chi connectivity index (χ1) is 6.48. The van der Waals surface area contributed by atoms with Crippen LogP contribution in [0.25, 0.3) is 11.0 Å². The largest absolute Gasteiger partial charge is 0.399 e. The number of benzene rings is 1. The zero-order chi connectivity index (χ0) is 10.3. The number of hydrogen-bond acceptors (Lipinski definition) is 2. The minimum absolute atomic E-state index is 0.803. The summed E-state index contributed by atoms with van der Waals surface area (Å²) in [4.78, 5) is 4.37. The molecular formula is C10H15N3Si. The maximum absolute atomic E-state index is 5.77. The molecule has 0 saturated heterocycles. The van der Waals surface area contributed by atoms with Crippen molar-refractivity contribution >= 4 is 25.0 Å². The van der Waals surface area contributed by atoms with Gasteiger partial charge >= 0.3 is 0 Å². The molecule has 0 amide bonds. The topological polar surface area (TPSA) is 43.8 Å². The molecule has 1 aromatic carbocycles. The third-order valence-corrected chi connectivity index (χ3v) is 4.10. The third kappa shape index (κ3) is 1.41. The average Bonchev–Trinajstić information content (AvgIpc) is 2.45. The number of nitrogens with zero attached hydrogens (tertiary/aromatic N) is 2. The van der Waals surface area contributed by atoms with Crippen molar-refractivity contribution in [2.24, 2.45) is 0 Å². The zero-order valence-corrected chi connectivity index (χ0v) is 9.78. The highest BCUT2D eigenvalue weighted by Gasteiger charge is 2.18. The van der Waals surface area contributed by atoms with Crippen molar-refractivity contribution in [2.45, 2.75) is 19.6 Å². The number of rotatable bonds is 1. The Kier molecular flexibility index (Phi) is 1.89. The Bertz CT molecular complexity index is 468. The van der Waals surface area contributed by atoms with Gasteiger partial charge in [0.15, 0.2) is 8.24 Å². The molecule has 0 atom stereocenters. The van der Waals surface area contributed by atoms with Crippen LogP contribution in [0.15, 0.2) is 24.5 Å². The zero-order valence-electron chi connectivity index (χ0n) is 8.78. The normalized spacial score (nSPS) is 12.2. The molecule has 14 heavy (non-hydrogen) atoms. The van der Waals surface area contributed by atoms with Crippen LogP contribution in [0.2, 0.25) is 19.6 Å². The molecule has 3 nitrogen and oxygen atoms in total. The van der Waals surface area contributed by atoms with Crippen molar-refractivity contribution in [3.63, 3.8) is 0 Å². The van der Waals surface area contributed by atoms with Crippen LogP contribution < -0.4 is 5.73 Å². The second-order valence-electron chi connectivity index (χ2n) is 4.53. The highest BCUT2D eigenvalue weighted by Crippen LogP contribution is 2.19. The molecule has 2 aromatic rings. The smallest absolute Gasteiger partial charge is 0.154 e.